The van der Waals surface area contributed by atoms with Crippen LogP contribution in [0.25, 0.3) is 16.9 Å². The summed E-state index contributed by atoms with van der Waals surface area (Å²) < 4.78 is 3.30. The van der Waals surface area contributed by atoms with Crippen LogP contribution in [0.3, 0.4) is 0 Å². The molecule has 102 valence electrons. The first kappa shape index (κ1) is 13.8. The standard InChI is InChI=1S/C15H13ClIN3/c1-10-8-13-15(18-9-10)20(14(19-13)6-7-16)12-4-2-11(17)3-5-12/h2-5,8-9H,6-7H2,1H3. The molecule has 0 spiro atoms. The van der Waals surface area contributed by atoms with Crippen molar-refractivity contribution < 1.29 is 0 Å². The average molecular weight is 398 g/mol. The lowest BCUT2D eigenvalue weighted by molar-refractivity contribution is 0.905. The van der Waals surface area contributed by atoms with Crippen molar-refractivity contribution in [3.63, 3.8) is 0 Å². The molecule has 3 aromatic rings. The van der Waals surface area contributed by atoms with Crippen LogP contribution in [0.2, 0.25) is 0 Å². The Balaban J connectivity index is 2.25. The number of benzene rings is 1. The Morgan fingerprint density at radius 2 is 2.00 bits per heavy atom. The summed E-state index contributed by atoms with van der Waals surface area (Å²) in [5, 5.41) is 0. The molecule has 1 aromatic carbocycles. The highest BCUT2D eigenvalue weighted by molar-refractivity contribution is 14.1. The Labute approximate surface area is 136 Å². The van der Waals surface area contributed by atoms with Crippen molar-refractivity contribution in [2.24, 2.45) is 0 Å². The maximum Gasteiger partial charge on any atom is 0.164 e. The van der Waals surface area contributed by atoms with E-state index >= 15 is 0 Å². The zero-order valence-corrected chi connectivity index (χ0v) is 13.9. The quantitative estimate of drug-likeness (QED) is 0.492. The van der Waals surface area contributed by atoms with Gasteiger partial charge in [-0.05, 0) is 65.4 Å². The van der Waals surface area contributed by atoms with Gasteiger partial charge < -0.3 is 0 Å². The van der Waals surface area contributed by atoms with Crippen LogP contribution in [-0.2, 0) is 6.42 Å². The number of imidazole rings is 1. The first-order valence-corrected chi connectivity index (χ1v) is 7.96. The fourth-order valence-electron chi connectivity index (χ4n) is 2.23. The molecule has 0 aliphatic heterocycles. The molecule has 0 saturated carbocycles. The molecule has 20 heavy (non-hydrogen) atoms. The van der Waals surface area contributed by atoms with Gasteiger partial charge in [0.05, 0.1) is 0 Å². The minimum absolute atomic E-state index is 0.548. The van der Waals surface area contributed by atoms with Crippen molar-refractivity contribution >= 4 is 45.4 Å². The van der Waals surface area contributed by atoms with E-state index in [1.807, 2.05) is 13.1 Å². The number of rotatable bonds is 3. The molecule has 5 heteroatoms. The van der Waals surface area contributed by atoms with Crippen molar-refractivity contribution in [1.82, 2.24) is 14.5 Å². The molecule has 0 unspecified atom stereocenters. The Bertz CT molecular complexity index is 750. The van der Waals surface area contributed by atoms with E-state index in [2.05, 4.69) is 67.5 Å². The molecule has 0 aliphatic rings. The first-order chi connectivity index (χ1) is 9.69. The normalized spacial score (nSPS) is 11.2. The summed E-state index contributed by atoms with van der Waals surface area (Å²) >= 11 is 8.21. The minimum Gasteiger partial charge on any atom is -0.281 e. The smallest absolute Gasteiger partial charge is 0.164 e. The Morgan fingerprint density at radius 1 is 1.25 bits per heavy atom. The van der Waals surface area contributed by atoms with Crippen molar-refractivity contribution in [3.8, 4) is 5.69 Å². The number of fused-ring (bicyclic) bond motifs is 1. The van der Waals surface area contributed by atoms with E-state index in [0.717, 1.165) is 34.7 Å². The average Bonchev–Trinajstić information content (AvgIpc) is 2.77. The third kappa shape index (κ3) is 2.54. The van der Waals surface area contributed by atoms with Crippen LogP contribution < -0.4 is 0 Å². The van der Waals surface area contributed by atoms with Crippen LogP contribution in [0, 0.1) is 10.5 Å². The molecular formula is C15H13ClIN3. The molecule has 3 nitrogen and oxygen atoms in total. The lowest BCUT2D eigenvalue weighted by Gasteiger charge is -2.08. The summed E-state index contributed by atoms with van der Waals surface area (Å²) in [6.07, 6.45) is 2.60. The Morgan fingerprint density at radius 3 is 2.70 bits per heavy atom. The van der Waals surface area contributed by atoms with Gasteiger partial charge in [0.25, 0.3) is 0 Å². The number of alkyl halides is 1. The van der Waals surface area contributed by atoms with Gasteiger partial charge in [-0.15, -0.1) is 11.6 Å². The second-order valence-corrected chi connectivity index (χ2v) is 6.26. The second kappa shape index (κ2) is 5.69. The van der Waals surface area contributed by atoms with Gasteiger partial charge in [0.15, 0.2) is 5.65 Å². The number of nitrogens with zero attached hydrogens (tertiary/aromatic N) is 3. The van der Waals surface area contributed by atoms with E-state index in [0.29, 0.717) is 5.88 Å². The highest BCUT2D eigenvalue weighted by Gasteiger charge is 2.13. The first-order valence-electron chi connectivity index (χ1n) is 6.35. The van der Waals surface area contributed by atoms with Crippen molar-refractivity contribution in [2.75, 3.05) is 5.88 Å². The van der Waals surface area contributed by atoms with Crippen molar-refractivity contribution in [3.05, 3.63) is 51.5 Å². The van der Waals surface area contributed by atoms with Crippen LogP contribution in [0.4, 0.5) is 0 Å². The van der Waals surface area contributed by atoms with Gasteiger partial charge in [-0.2, -0.15) is 0 Å². The minimum atomic E-state index is 0.548. The predicted octanol–water partition coefficient (Wildman–Crippen LogP) is 4.11. The Kier molecular flexibility index (Phi) is 3.94. The number of hydrogen-bond donors (Lipinski definition) is 0. The largest absolute Gasteiger partial charge is 0.281 e. The van der Waals surface area contributed by atoms with Gasteiger partial charge in [-0.1, -0.05) is 0 Å². The second-order valence-electron chi connectivity index (χ2n) is 4.63. The predicted molar refractivity (Wildman–Crippen MR) is 90.7 cm³/mol. The van der Waals surface area contributed by atoms with Gasteiger partial charge in [-0.25, -0.2) is 9.97 Å². The fourth-order valence-corrected chi connectivity index (χ4v) is 2.75. The van der Waals surface area contributed by atoms with E-state index in [1.165, 1.54) is 3.57 Å². The molecule has 0 amide bonds. The summed E-state index contributed by atoms with van der Waals surface area (Å²) in [6, 6.07) is 10.4. The lowest BCUT2D eigenvalue weighted by atomic mass is 10.3. The molecule has 0 fully saturated rings. The highest BCUT2D eigenvalue weighted by Crippen LogP contribution is 2.22. The lowest BCUT2D eigenvalue weighted by Crippen LogP contribution is -2.03. The van der Waals surface area contributed by atoms with Gasteiger partial charge in [0, 0.05) is 27.8 Å². The zero-order chi connectivity index (χ0) is 14.1. The number of aryl methyl sites for hydroxylation is 2. The summed E-state index contributed by atoms with van der Waals surface area (Å²) in [5.74, 6) is 1.50. The van der Waals surface area contributed by atoms with Gasteiger partial charge in [0.1, 0.15) is 11.3 Å². The fraction of sp³-hybridized carbons (Fsp3) is 0.200. The number of aromatic nitrogens is 3. The maximum absolute atomic E-state index is 5.90. The zero-order valence-electron chi connectivity index (χ0n) is 11.0. The molecule has 0 radical (unpaired) electrons. The molecule has 0 N–H and O–H groups in total. The van der Waals surface area contributed by atoms with E-state index in [-0.39, 0.29) is 0 Å². The molecule has 0 atom stereocenters. The highest BCUT2D eigenvalue weighted by atomic mass is 127. The van der Waals surface area contributed by atoms with Gasteiger partial charge in [-0.3, -0.25) is 4.57 Å². The molecule has 0 bridgehead atoms. The number of halogens is 2. The number of hydrogen-bond acceptors (Lipinski definition) is 2. The van der Waals surface area contributed by atoms with Crippen molar-refractivity contribution in [1.29, 1.82) is 0 Å². The van der Waals surface area contributed by atoms with Crippen LogP contribution in [0.15, 0.2) is 36.5 Å². The summed E-state index contributed by atoms with van der Waals surface area (Å²) in [5.41, 5.74) is 3.99. The van der Waals surface area contributed by atoms with E-state index in [9.17, 15) is 0 Å². The summed E-state index contributed by atoms with van der Waals surface area (Å²) in [4.78, 5) is 9.21. The van der Waals surface area contributed by atoms with Crippen LogP contribution in [0.1, 0.15) is 11.4 Å². The maximum atomic E-state index is 5.90. The molecule has 0 saturated heterocycles. The third-order valence-corrected chi connectivity index (χ3v) is 4.01. The topological polar surface area (TPSA) is 30.7 Å². The molecule has 3 rings (SSSR count). The van der Waals surface area contributed by atoms with Crippen molar-refractivity contribution in [2.45, 2.75) is 13.3 Å². The van der Waals surface area contributed by atoms with Gasteiger partial charge in [0.2, 0.25) is 0 Å². The SMILES string of the molecule is Cc1cnc2c(c1)nc(CCCl)n2-c1ccc(I)cc1. The van der Waals surface area contributed by atoms with Crippen LogP contribution >= 0.6 is 34.2 Å². The number of pyridine rings is 1. The van der Waals surface area contributed by atoms with E-state index in [1.54, 1.807) is 0 Å². The van der Waals surface area contributed by atoms with E-state index in [4.69, 9.17) is 11.6 Å². The van der Waals surface area contributed by atoms with Gasteiger partial charge >= 0.3 is 0 Å². The summed E-state index contributed by atoms with van der Waals surface area (Å²) in [7, 11) is 0. The van der Waals surface area contributed by atoms with E-state index < -0.39 is 0 Å². The Hall–Kier alpha value is -1.14. The summed E-state index contributed by atoms with van der Waals surface area (Å²) in [6.45, 7) is 2.03. The monoisotopic (exact) mass is 397 g/mol. The molecule has 0 aliphatic carbocycles. The van der Waals surface area contributed by atoms with Crippen LogP contribution in [-0.4, -0.2) is 20.4 Å². The molecule has 2 heterocycles. The third-order valence-electron chi connectivity index (χ3n) is 3.11. The van der Waals surface area contributed by atoms with Crippen LogP contribution in [0.5, 0.6) is 0 Å². The molecular weight excluding hydrogens is 385 g/mol. The molecule has 2 aromatic heterocycles.